The lowest BCUT2D eigenvalue weighted by atomic mass is 9.94. The summed E-state index contributed by atoms with van der Waals surface area (Å²) >= 11 is 0. The molecule has 2 N–H and O–H groups in total. The minimum Gasteiger partial charge on any atom is -0.497 e. The number of ether oxygens (including phenoxy) is 2. The number of benzene rings is 2. The Kier molecular flexibility index (Phi) is 5.37. The van der Waals surface area contributed by atoms with Gasteiger partial charge >= 0.3 is 0 Å². The SMILES string of the molecule is COc1ccc([C@H]2C(C(=O)Nc3ccc(C)cc3C)=C(C)Nc3ncnn32)c(OC)c1. The van der Waals surface area contributed by atoms with E-state index in [0.717, 1.165) is 22.4 Å². The van der Waals surface area contributed by atoms with Crippen LogP contribution in [0.5, 0.6) is 11.5 Å². The summed E-state index contributed by atoms with van der Waals surface area (Å²) in [5.41, 5.74) is 4.91. The van der Waals surface area contributed by atoms with Crippen LogP contribution in [0.1, 0.15) is 29.7 Å². The zero-order valence-electron chi connectivity index (χ0n) is 18.2. The maximum Gasteiger partial charge on any atom is 0.255 e. The summed E-state index contributed by atoms with van der Waals surface area (Å²) in [6.45, 7) is 5.86. The molecule has 1 aliphatic heterocycles. The molecule has 1 aromatic heterocycles. The average molecular weight is 419 g/mol. The van der Waals surface area contributed by atoms with Gasteiger partial charge in [-0.3, -0.25) is 4.79 Å². The van der Waals surface area contributed by atoms with E-state index in [1.807, 2.05) is 51.1 Å². The molecule has 0 spiro atoms. The van der Waals surface area contributed by atoms with E-state index in [0.29, 0.717) is 28.7 Å². The normalized spacial score (nSPS) is 15.2. The molecule has 1 atom stereocenters. The van der Waals surface area contributed by atoms with E-state index in [2.05, 4.69) is 20.7 Å². The number of carbonyl (C=O) groups is 1. The number of hydrogen-bond acceptors (Lipinski definition) is 6. The molecule has 8 heteroatoms. The zero-order chi connectivity index (χ0) is 22.1. The molecule has 0 fully saturated rings. The van der Waals surface area contributed by atoms with E-state index in [1.54, 1.807) is 25.0 Å². The van der Waals surface area contributed by atoms with E-state index in [1.165, 1.54) is 6.33 Å². The molecule has 0 aliphatic carbocycles. The van der Waals surface area contributed by atoms with Crippen molar-refractivity contribution in [2.45, 2.75) is 26.8 Å². The molecule has 4 rings (SSSR count). The summed E-state index contributed by atoms with van der Waals surface area (Å²) in [5.74, 6) is 1.59. The third-order valence-electron chi connectivity index (χ3n) is 5.40. The molecule has 0 bridgehead atoms. The lowest BCUT2D eigenvalue weighted by molar-refractivity contribution is -0.113. The lowest BCUT2D eigenvalue weighted by Crippen LogP contribution is -2.31. The Hall–Kier alpha value is -3.81. The van der Waals surface area contributed by atoms with Crippen LogP contribution in [-0.2, 0) is 4.79 Å². The maximum absolute atomic E-state index is 13.5. The highest BCUT2D eigenvalue weighted by Crippen LogP contribution is 2.40. The highest BCUT2D eigenvalue weighted by atomic mass is 16.5. The first kappa shape index (κ1) is 20.5. The highest BCUT2D eigenvalue weighted by Gasteiger charge is 2.35. The van der Waals surface area contributed by atoms with Crippen molar-refractivity contribution in [1.29, 1.82) is 0 Å². The first-order valence-corrected chi connectivity index (χ1v) is 9.90. The largest absolute Gasteiger partial charge is 0.497 e. The fourth-order valence-corrected chi connectivity index (χ4v) is 3.86. The average Bonchev–Trinajstić information content (AvgIpc) is 3.22. The number of anilines is 2. The minimum absolute atomic E-state index is 0.221. The van der Waals surface area contributed by atoms with Gasteiger partial charge in [0.05, 0.1) is 19.8 Å². The van der Waals surface area contributed by atoms with Gasteiger partial charge in [0.1, 0.15) is 23.9 Å². The second-order valence-corrected chi connectivity index (χ2v) is 7.47. The molecule has 2 heterocycles. The number of allylic oxidation sites excluding steroid dienone is 1. The van der Waals surface area contributed by atoms with Gasteiger partial charge in [-0.05, 0) is 44.5 Å². The summed E-state index contributed by atoms with van der Waals surface area (Å²) in [4.78, 5) is 17.8. The fraction of sp³-hybridized carbons (Fsp3) is 0.261. The summed E-state index contributed by atoms with van der Waals surface area (Å²) in [6, 6.07) is 10.9. The van der Waals surface area contributed by atoms with Gasteiger partial charge in [0, 0.05) is 23.0 Å². The van der Waals surface area contributed by atoms with Crippen molar-refractivity contribution in [3.05, 3.63) is 70.7 Å². The summed E-state index contributed by atoms with van der Waals surface area (Å²) < 4.78 is 12.7. The Morgan fingerprint density at radius 2 is 1.90 bits per heavy atom. The van der Waals surface area contributed by atoms with Crippen LogP contribution in [0.25, 0.3) is 0 Å². The number of carbonyl (C=O) groups excluding carboxylic acids is 1. The van der Waals surface area contributed by atoms with Crippen molar-refractivity contribution in [3.63, 3.8) is 0 Å². The van der Waals surface area contributed by atoms with Crippen LogP contribution in [0.4, 0.5) is 11.6 Å². The number of hydrogen-bond donors (Lipinski definition) is 2. The predicted molar refractivity (Wildman–Crippen MR) is 119 cm³/mol. The van der Waals surface area contributed by atoms with Crippen molar-refractivity contribution >= 4 is 17.5 Å². The number of amides is 1. The summed E-state index contributed by atoms with van der Waals surface area (Å²) in [7, 11) is 3.19. The Bertz CT molecular complexity index is 1180. The number of fused-ring (bicyclic) bond motifs is 1. The van der Waals surface area contributed by atoms with E-state index >= 15 is 0 Å². The monoisotopic (exact) mass is 419 g/mol. The molecular weight excluding hydrogens is 394 g/mol. The molecule has 8 nitrogen and oxygen atoms in total. The molecule has 3 aromatic rings. The Morgan fingerprint density at radius 3 is 2.61 bits per heavy atom. The van der Waals surface area contributed by atoms with Crippen molar-refractivity contribution in [3.8, 4) is 11.5 Å². The highest BCUT2D eigenvalue weighted by molar-refractivity contribution is 6.06. The first-order valence-electron chi connectivity index (χ1n) is 9.90. The van der Waals surface area contributed by atoms with Gasteiger partial charge in [0.2, 0.25) is 5.95 Å². The molecule has 2 aromatic carbocycles. The van der Waals surface area contributed by atoms with Crippen LogP contribution in [0.2, 0.25) is 0 Å². The van der Waals surface area contributed by atoms with Gasteiger partial charge in [-0.1, -0.05) is 17.7 Å². The van der Waals surface area contributed by atoms with Crippen LogP contribution in [-0.4, -0.2) is 34.9 Å². The van der Waals surface area contributed by atoms with Crippen LogP contribution in [0, 0.1) is 13.8 Å². The standard InChI is InChI=1S/C23H25N5O3/c1-13-6-9-18(14(2)10-13)27-22(29)20-15(3)26-23-24-12-25-28(23)21(20)17-8-7-16(30-4)11-19(17)31-5/h6-12,21H,1-5H3,(H,27,29)(H,24,25,26)/t21-/m0/s1. The molecule has 1 aliphatic rings. The van der Waals surface area contributed by atoms with E-state index in [-0.39, 0.29) is 5.91 Å². The summed E-state index contributed by atoms with van der Waals surface area (Å²) in [5, 5.41) is 10.6. The van der Waals surface area contributed by atoms with Crippen LogP contribution >= 0.6 is 0 Å². The zero-order valence-corrected chi connectivity index (χ0v) is 18.2. The van der Waals surface area contributed by atoms with Crippen molar-refractivity contribution in [2.24, 2.45) is 0 Å². The topological polar surface area (TPSA) is 90.3 Å². The summed E-state index contributed by atoms with van der Waals surface area (Å²) in [6.07, 6.45) is 1.46. The van der Waals surface area contributed by atoms with Gasteiger partial charge < -0.3 is 20.1 Å². The minimum atomic E-state index is -0.523. The molecule has 160 valence electrons. The van der Waals surface area contributed by atoms with E-state index < -0.39 is 6.04 Å². The quantitative estimate of drug-likeness (QED) is 0.653. The molecule has 0 saturated carbocycles. The number of nitrogens with zero attached hydrogens (tertiary/aromatic N) is 3. The van der Waals surface area contributed by atoms with E-state index in [4.69, 9.17) is 9.47 Å². The Morgan fingerprint density at radius 1 is 1.10 bits per heavy atom. The molecule has 1 amide bonds. The molecule has 0 radical (unpaired) electrons. The fourth-order valence-electron chi connectivity index (χ4n) is 3.86. The Labute approximate surface area is 180 Å². The third kappa shape index (κ3) is 3.72. The predicted octanol–water partition coefficient (Wildman–Crippen LogP) is 3.84. The lowest BCUT2D eigenvalue weighted by Gasteiger charge is -2.29. The van der Waals surface area contributed by atoms with Crippen molar-refractivity contribution < 1.29 is 14.3 Å². The molecule has 0 saturated heterocycles. The third-order valence-corrected chi connectivity index (χ3v) is 5.40. The molecule has 31 heavy (non-hydrogen) atoms. The number of aryl methyl sites for hydroxylation is 2. The van der Waals surface area contributed by atoms with Crippen molar-refractivity contribution in [2.75, 3.05) is 24.9 Å². The van der Waals surface area contributed by atoms with Gasteiger partial charge in [-0.25, -0.2) is 4.68 Å². The van der Waals surface area contributed by atoms with Gasteiger partial charge in [0.25, 0.3) is 5.91 Å². The van der Waals surface area contributed by atoms with Gasteiger partial charge in [-0.15, -0.1) is 0 Å². The number of rotatable bonds is 5. The molecular formula is C23H25N5O3. The molecule has 0 unspecified atom stereocenters. The van der Waals surface area contributed by atoms with Gasteiger partial charge in [-0.2, -0.15) is 10.1 Å². The second kappa shape index (κ2) is 8.14. The van der Waals surface area contributed by atoms with Crippen LogP contribution in [0.15, 0.2) is 54.0 Å². The second-order valence-electron chi connectivity index (χ2n) is 7.47. The number of methoxy groups -OCH3 is 2. The number of aromatic nitrogens is 3. The Balaban J connectivity index is 1.81. The van der Waals surface area contributed by atoms with Crippen LogP contribution < -0.4 is 20.1 Å². The van der Waals surface area contributed by atoms with Crippen molar-refractivity contribution in [1.82, 2.24) is 14.8 Å². The smallest absolute Gasteiger partial charge is 0.255 e. The first-order chi connectivity index (χ1) is 14.9. The van der Waals surface area contributed by atoms with Gasteiger partial charge in [0.15, 0.2) is 0 Å². The van der Waals surface area contributed by atoms with E-state index in [9.17, 15) is 4.79 Å². The number of nitrogens with one attached hydrogen (secondary N) is 2. The van der Waals surface area contributed by atoms with Crippen LogP contribution in [0.3, 0.4) is 0 Å². The maximum atomic E-state index is 13.5.